The quantitative estimate of drug-likeness (QED) is 0.360. The van der Waals surface area contributed by atoms with Crippen LogP contribution in [0.1, 0.15) is 51.9 Å². The number of ether oxygens (including phenoxy) is 2. The zero-order chi connectivity index (χ0) is 15.8. The summed E-state index contributed by atoms with van der Waals surface area (Å²) in [5.74, 6) is 2.77. The van der Waals surface area contributed by atoms with Gasteiger partial charge < -0.3 is 13.9 Å². The van der Waals surface area contributed by atoms with Crippen molar-refractivity contribution < 1.29 is 13.9 Å². The smallest absolute Gasteiger partial charge is 0.184 e. The maximum atomic E-state index is 6.29. The fraction of sp³-hybridized carbons (Fsp3) is 0.882. The minimum absolute atomic E-state index is 0.0223. The van der Waals surface area contributed by atoms with E-state index in [1.165, 1.54) is 12.8 Å². The fourth-order valence-corrected chi connectivity index (χ4v) is 4.44. The molecule has 0 bridgehead atoms. The van der Waals surface area contributed by atoms with Gasteiger partial charge in [0.1, 0.15) is 0 Å². The van der Waals surface area contributed by atoms with Gasteiger partial charge in [-0.2, -0.15) is 0 Å². The monoisotopic (exact) mass is 312 g/mol. The standard InChI is InChI=1S/C17H32O3Si/c1-6-12-17(2,20-21(3,4)5)13-8-10-15-19-16-11-7-9-14-18-16/h1,16H,7-15H2,2-5H3/t16-,17+/m1/s1. The van der Waals surface area contributed by atoms with E-state index in [1.807, 2.05) is 0 Å². The Morgan fingerprint density at radius 3 is 2.62 bits per heavy atom. The highest BCUT2D eigenvalue weighted by Gasteiger charge is 2.30. The minimum Gasteiger partial charge on any atom is -0.411 e. The van der Waals surface area contributed by atoms with Gasteiger partial charge in [0.2, 0.25) is 0 Å². The summed E-state index contributed by atoms with van der Waals surface area (Å²) in [7, 11) is -1.57. The molecular weight excluding hydrogens is 280 g/mol. The van der Waals surface area contributed by atoms with Crippen LogP contribution in [0.25, 0.3) is 0 Å². The molecule has 3 nitrogen and oxygen atoms in total. The van der Waals surface area contributed by atoms with Gasteiger partial charge >= 0.3 is 0 Å². The molecule has 4 heteroatoms. The Kier molecular flexibility index (Phi) is 7.97. The molecule has 1 rings (SSSR count). The van der Waals surface area contributed by atoms with Crippen LogP contribution < -0.4 is 0 Å². The number of rotatable bonds is 9. The van der Waals surface area contributed by atoms with Crippen LogP contribution in [0.5, 0.6) is 0 Å². The van der Waals surface area contributed by atoms with Crippen LogP contribution in [0, 0.1) is 12.3 Å². The Labute approximate surface area is 131 Å². The van der Waals surface area contributed by atoms with Crippen LogP contribution in [0.3, 0.4) is 0 Å². The average Bonchev–Trinajstić information content (AvgIpc) is 2.37. The van der Waals surface area contributed by atoms with Crippen molar-refractivity contribution in [1.82, 2.24) is 0 Å². The van der Waals surface area contributed by atoms with Crippen molar-refractivity contribution in [3.63, 3.8) is 0 Å². The normalized spacial score (nSPS) is 22.5. The van der Waals surface area contributed by atoms with Crippen LogP contribution in [0.2, 0.25) is 19.6 Å². The van der Waals surface area contributed by atoms with E-state index in [0.29, 0.717) is 6.42 Å². The van der Waals surface area contributed by atoms with Crippen LogP contribution in [-0.2, 0) is 13.9 Å². The first kappa shape index (κ1) is 18.7. The second kappa shape index (κ2) is 8.95. The molecule has 122 valence electrons. The molecule has 0 saturated carbocycles. The second-order valence-corrected chi connectivity index (χ2v) is 11.6. The highest BCUT2D eigenvalue weighted by molar-refractivity contribution is 6.69. The first-order valence-corrected chi connectivity index (χ1v) is 11.6. The van der Waals surface area contributed by atoms with Crippen molar-refractivity contribution in [3.05, 3.63) is 0 Å². The SMILES string of the molecule is C#CC[C@@](C)(CCCCO[C@@H]1CCCCO1)O[Si](C)(C)C. The lowest BCUT2D eigenvalue weighted by Crippen LogP contribution is -2.40. The third-order valence-electron chi connectivity index (χ3n) is 3.57. The van der Waals surface area contributed by atoms with Crippen molar-refractivity contribution in [1.29, 1.82) is 0 Å². The number of terminal acetylenes is 1. The Bertz CT molecular complexity index is 326. The Morgan fingerprint density at radius 1 is 1.29 bits per heavy atom. The van der Waals surface area contributed by atoms with Crippen LogP contribution in [0.15, 0.2) is 0 Å². The highest BCUT2D eigenvalue weighted by atomic mass is 28.4. The third-order valence-corrected chi connectivity index (χ3v) is 4.68. The fourth-order valence-electron chi connectivity index (χ4n) is 2.79. The van der Waals surface area contributed by atoms with Gasteiger partial charge in [0.25, 0.3) is 0 Å². The molecule has 0 unspecified atom stereocenters. The summed E-state index contributed by atoms with van der Waals surface area (Å²) in [6, 6.07) is 0. The lowest BCUT2D eigenvalue weighted by atomic mass is 9.96. The maximum absolute atomic E-state index is 6.29. The van der Waals surface area contributed by atoms with Gasteiger partial charge in [-0.15, -0.1) is 12.3 Å². The van der Waals surface area contributed by atoms with Gasteiger partial charge in [0, 0.05) is 19.6 Å². The zero-order valence-corrected chi connectivity index (χ0v) is 15.2. The maximum Gasteiger partial charge on any atom is 0.184 e. The van der Waals surface area contributed by atoms with Gasteiger partial charge in [-0.3, -0.25) is 0 Å². The molecular formula is C17H32O3Si. The second-order valence-electron chi connectivity index (χ2n) is 7.17. The van der Waals surface area contributed by atoms with E-state index in [9.17, 15) is 0 Å². The highest BCUT2D eigenvalue weighted by Crippen LogP contribution is 2.27. The van der Waals surface area contributed by atoms with E-state index in [-0.39, 0.29) is 11.9 Å². The minimum atomic E-state index is -1.57. The van der Waals surface area contributed by atoms with Crippen LogP contribution >= 0.6 is 0 Å². The van der Waals surface area contributed by atoms with Gasteiger partial charge in [-0.25, -0.2) is 0 Å². The first-order valence-electron chi connectivity index (χ1n) is 8.21. The van der Waals surface area contributed by atoms with Crippen molar-refractivity contribution in [3.8, 4) is 12.3 Å². The molecule has 1 aliphatic rings. The summed E-state index contributed by atoms with van der Waals surface area (Å²) < 4.78 is 17.6. The van der Waals surface area contributed by atoms with E-state index in [1.54, 1.807) is 0 Å². The summed E-state index contributed by atoms with van der Waals surface area (Å²) >= 11 is 0. The number of hydrogen-bond donors (Lipinski definition) is 0. The van der Waals surface area contributed by atoms with E-state index in [4.69, 9.17) is 20.3 Å². The van der Waals surface area contributed by atoms with Gasteiger partial charge in [0.05, 0.1) is 5.60 Å². The Balaban J connectivity index is 2.22. The van der Waals surface area contributed by atoms with Crippen LogP contribution in [0.4, 0.5) is 0 Å². The molecule has 0 aromatic heterocycles. The topological polar surface area (TPSA) is 27.7 Å². The van der Waals surface area contributed by atoms with Crippen molar-refractivity contribution in [2.45, 2.75) is 83.4 Å². The molecule has 0 amide bonds. The molecule has 1 heterocycles. The van der Waals surface area contributed by atoms with Gasteiger partial charge in [-0.05, 0) is 65.1 Å². The molecule has 1 aliphatic heterocycles. The Hall–Kier alpha value is -0.343. The lowest BCUT2D eigenvalue weighted by molar-refractivity contribution is -0.163. The lowest BCUT2D eigenvalue weighted by Gasteiger charge is -2.35. The predicted octanol–water partition coefficient (Wildman–Crippen LogP) is 4.33. The summed E-state index contributed by atoms with van der Waals surface area (Å²) in [5.41, 5.74) is -0.180. The van der Waals surface area contributed by atoms with E-state index >= 15 is 0 Å². The van der Waals surface area contributed by atoms with Crippen molar-refractivity contribution >= 4 is 8.32 Å². The van der Waals surface area contributed by atoms with Crippen LogP contribution in [-0.4, -0.2) is 33.4 Å². The van der Waals surface area contributed by atoms with Crippen molar-refractivity contribution in [2.75, 3.05) is 13.2 Å². The molecule has 1 saturated heterocycles. The van der Waals surface area contributed by atoms with Gasteiger partial charge in [-0.1, -0.05) is 0 Å². The Morgan fingerprint density at radius 2 is 2.05 bits per heavy atom. The molecule has 0 radical (unpaired) electrons. The third kappa shape index (κ3) is 8.62. The predicted molar refractivity (Wildman–Crippen MR) is 89.7 cm³/mol. The number of unbranched alkanes of at least 4 members (excludes halogenated alkanes) is 1. The summed E-state index contributed by atoms with van der Waals surface area (Å²) in [4.78, 5) is 0. The largest absolute Gasteiger partial charge is 0.411 e. The van der Waals surface area contributed by atoms with Gasteiger partial charge in [0.15, 0.2) is 14.6 Å². The molecule has 0 aliphatic carbocycles. The summed E-state index contributed by atoms with van der Waals surface area (Å²) in [6.45, 7) is 10.4. The van der Waals surface area contributed by atoms with E-state index in [0.717, 1.165) is 38.9 Å². The molecule has 0 N–H and O–H groups in total. The number of hydrogen-bond acceptors (Lipinski definition) is 3. The summed E-state index contributed by atoms with van der Waals surface area (Å²) in [5, 5.41) is 0. The summed E-state index contributed by atoms with van der Waals surface area (Å²) in [6.07, 6.45) is 12.7. The molecule has 0 spiro atoms. The van der Waals surface area contributed by atoms with E-state index < -0.39 is 8.32 Å². The zero-order valence-electron chi connectivity index (χ0n) is 14.2. The molecule has 2 atom stereocenters. The average molecular weight is 313 g/mol. The molecule has 0 aromatic carbocycles. The molecule has 0 aromatic rings. The van der Waals surface area contributed by atoms with Crippen molar-refractivity contribution in [2.24, 2.45) is 0 Å². The first-order chi connectivity index (χ1) is 9.85. The molecule has 1 fully saturated rings. The van der Waals surface area contributed by atoms with E-state index in [2.05, 4.69) is 32.5 Å². The molecule has 21 heavy (non-hydrogen) atoms.